The largest absolute Gasteiger partial charge is 0.481 e. The number of aliphatic carboxylic acids is 1. The monoisotopic (exact) mass is 1180 g/mol. The number of carbonyl (C=O) groups is 3. The van der Waals surface area contributed by atoms with Gasteiger partial charge in [0.25, 0.3) is 0 Å². The lowest BCUT2D eigenvalue weighted by atomic mass is 9.43. The van der Waals surface area contributed by atoms with Gasteiger partial charge in [0, 0.05) is 24.7 Å². The number of alkyl halides is 1. The van der Waals surface area contributed by atoms with E-state index in [0.29, 0.717) is 48.3 Å². The Morgan fingerprint density at radius 1 is 0.679 bits per heavy atom. The topological polar surface area (TPSA) is 186 Å². The Hall–Kier alpha value is -0.701. The summed E-state index contributed by atoms with van der Waals surface area (Å²) < 4.78 is 45.4. The number of ether oxygens (including phenoxy) is 2. The first-order chi connectivity index (χ1) is 33.6. The highest BCUT2D eigenvalue weighted by molar-refractivity contribution is 6.90. The number of hydrogen-bond acceptors (Lipinski definition) is 13. The number of carboxylic acid groups (broad SMARTS) is 1. The minimum atomic E-state index is -1.65. The lowest BCUT2D eigenvalue weighted by molar-refractivity contribution is -0.199. The van der Waals surface area contributed by atoms with Crippen LogP contribution >= 0.6 is 24.0 Å². The molecule has 4 bridgehead atoms. The lowest BCUT2D eigenvalue weighted by Gasteiger charge is -2.64. The van der Waals surface area contributed by atoms with Crippen LogP contribution in [-0.2, 0) is 47.1 Å². The molecule has 0 aromatic heterocycles. The Bertz CT molecular complexity index is 1930. The van der Waals surface area contributed by atoms with Crippen molar-refractivity contribution >= 4 is 79.7 Å². The Morgan fingerprint density at radius 3 is 1.45 bits per heavy atom. The third kappa shape index (κ3) is 18.4. The second-order valence-corrected chi connectivity index (χ2v) is 40.1. The molecule has 0 spiro atoms. The summed E-state index contributed by atoms with van der Waals surface area (Å²) in [7, 11) is -4.85. The molecule has 14 nitrogen and oxygen atoms in total. The number of esters is 2. The molecule has 9 fully saturated rings. The molecule has 3 heterocycles. The van der Waals surface area contributed by atoms with E-state index in [1.54, 1.807) is 0 Å². The van der Waals surface area contributed by atoms with Crippen LogP contribution in [0.15, 0.2) is 0 Å². The summed E-state index contributed by atoms with van der Waals surface area (Å²) >= 11 is 6.67. The van der Waals surface area contributed by atoms with E-state index in [2.05, 4.69) is 98.9 Å². The third-order valence-electron chi connectivity index (χ3n) is 18.0. The second-order valence-electron chi connectivity index (χ2n) is 29.4. The molecule has 14 atom stereocenters. The molecule has 9 rings (SSSR count). The van der Waals surface area contributed by atoms with Gasteiger partial charge < -0.3 is 52.8 Å². The number of nitrogens with two attached hydrogens (primary N) is 1. The van der Waals surface area contributed by atoms with Crippen molar-refractivity contribution in [2.75, 3.05) is 0 Å². The molecule has 21 heteroatoms. The minimum absolute atomic E-state index is 0. The maximum atomic E-state index is 12.5. The first-order valence-corrected chi connectivity index (χ1v) is 35.8. The zero-order valence-electron chi connectivity index (χ0n) is 50.1. The van der Waals surface area contributed by atoms with E-state index in [9.17, 15) is 14.4 Å². The van der Waals surface area contributed by atoms with Crippen molar-refractivity contribution < 1.29 is 57.3 Å². The van der Waals surface area contributed by atoms with Gasteiger partial charge in [0.05, 0.1) is 41.2 Å². The summed E-state index contributed by atoms with van der Waals surface area (Å²) in [4.78, 5) is 34.7. The van der Waals surface area contributed by atoms with Crippen molar-refractivity contribution in [2.24, 2.45) is 52.1 Å². The summed E-state index contributed by atoms with van der Waals surface area (Å²) in [5, 5.41) is 17.4. The number of rotatable bonds is 17. The van der Waals surface area contributed by atoms with Gasteiger partial charge in [-0.15, -0.1) is 24.0 Å². The van der Waals surface area contributed by atoms with E-state index in [1.807, 2.05) is 41.5 Å². The molecule has 9 aliphatic rings. The zero-order valence-corrected chi connectivity index (χ0v) is 53.7. The molecule has 6 saturated carbocycles. The van der Waals surface area contributed by atoms with Gasteiger partial charge in [-0.25, -0.2) is 0 Å². The smallest absolute Gasteiger partial charge is 0.476 e. The van der Waals surface area contributed by atoms with Gasteiger partial charge in [0.2, 0.25) is 0 Å². The van der Waals surface area contributed by atoms with E-state index in [-0.39, 0.29) is 120 Å². The highest BCUT2D eigenvalue weighted by atomic mass is 35.5. The Kier molecular flexibility index (Phi) is 27.0. The van der Waals surface area contributed by atoms with Crippen molar-refractivity contribution in [3.63, 3.8) is 0 Å². The maximum Gasteiger partial charge on any atom is 0.476 e. The van der Waals surface area contributed by atoms with Gasteiger partial charge in [-0.05, 0) is 166 Å². The lowest BCUT2D eigenvalue weighted by Crippen LogP contribution is -2.67. The van der Waals surface area contributed by atoms with Gasteiger partial charge in [0.15, 0.2) is 0 Å². The number of carboxylic acids is 1. The minimum Gasteiger partial charge on any atom is -0.481 e. The molecule has 4 N–H and O–H groups in total. The average molecular weight is 1180 g/mol. The number of carbonyl (C=O) groups excluding carboxylic acids is 2. The van der Waals surface area contributed by atoms with Gasteiger partial charge in [0.1, 0.15) is 27.7 Å². The van der Waals surface area contributed by atoms with Gasteiger partial charge in [-0.2, -0.15) is 0 Å². The van der Waals surface area contributed by atoms with Gasteiger partial charge in [-0.3, -0.25) is 14.4 Å². The molecule has 6 aliphatic carbocycles. The highest BCUT2D eigenvalue weighted by Crippen LogP contribution is 2.67. The van der Waals surface area contributed by atoms with Crippen LogP contribution in [-0.4, -0.2) is 128 Å². The van der Waals surface area contributed by atoms with Crippen LogP contribution in [0.1, 0.15) is 203 Å². The summed E-state index contributed by atoms with van der Waals surface area (Å²) in [5.41, 5.74) is 4.87. The van der Waals surface area contributed by atoms with Crippen molar-refractivity contribution in [1.29, 1.82) is 0 Å². The molecule has 0 radical (unpaired) electrons. The van der Waals surface area contributed by atoms with E-state index in [4.69, 9.17) is 60.2 Å². The molecular weight excluding hydrogens is 1060 g/mol. The van der Waals surface area contributed by atoms with Crippen LogP contribution < -0.4 is 5.73 Å². The molecule has 3 unspecified atom stereocenters. The van der Waals surface area contributed by atoms with Gasteiger partial charge >= 0.3 is 39.3 Å². The third-order valence-corrected chi connectivity index (χ3v) is 26.0. The number of halogens is 2. The van der Waals surface area contributed by atoms with Crippen molar-refractivity contribution in [3.8, 4) is 0 Å². The first kappa shape index (κ1) is 75.3. The molecule has 3 aliphatic heterocycles. The van der Waals surface area contributed by atoms with Crippen molar-refractivity contribution in [1.82, 2.24) is 4.23 Å². The fraction of sp³-hybridized carbons (Fsp3) is 0.947. The predicted molar refractivity (Wildman–Crippen MR) is 330 cm³/mol. The summed E-state index contributed by atoms with van der Waals surface area (Å²) in [5.74, 6) is 1.82. The summed E-state index contributed by atoms with van der Waals surface area (Å²) in [6.45, 7) is 44.7. The quantitative estimate of drug-likeness (QED) is 0.0709. The van der Waals surface area contributed by atoms with Crippen LogP contribution in [0, 0.1) is 46.3 Å². The number of nitrogens with zero attached hydrogens (tertiary/aromatic N) is 1. The van der Waals surface area contributed by atoms with E-state index in [0.717, 1.165) is 50.4 Å². The normalized spacial score (nSPS) is 31.8. The van der Waals surface area contributed by atoms with Crippen LogP contribution in [0.3, 0.4) is 0 Å². The summed E-state index contributed by atoms with van der Waals surface area (Å²) in [6.07, 6.45) is 10.3. The molecule has 78 heavy (non-hydrogen) atoms. The Morgan fingerprint density at radius 2 is 1.08 bits per heavy atom. The molecule has 3 saturated heterocycles. The van der Waals surface area contributed by atoms with E-state index < -0.39 is 46.9 Å². The van der Waals surface area contributed by atoms with E-state index >= 15 is 0 Å². The maximum absolute atomic E-state index is 12.5. The average Bonchev–Trinajstić information content (AvgIpc) is 3.77. The Labute approximate surface area is 490 Å². The fourth-order valence-electron chi connectivity index (χ4n) is 14.3. The molecule has 456 valence electrons. The molecule has 0 aromatic carbocycles. The predicted octanol–water partition coefficient (Wildman–Crippen LogP) is 13.1. The standard InChI is InChI=1S/C27H54BNO4Si2.C21H36BClO4.C6H12BNO4.3CH4.ClH/c1-19(16-24(30)31-25(2,3)4)14-15-23(29(34(8,9)10)35(11,12)13)28-32-22-18-20-17-21(26(20,5)6)27(22,7)33-28;1-13(10-18(24)25-19(2,3)4)8-9-17(23)22-26-16-12-14-11-15(20(14,5)6)21(16,7)27-22;8-5-2-1-4(3-6(9)10)12-7(5)11;;;;/h19-23H,14-18H2,1-13H3;13-17H,8-12H2,1-7H3;4-5,11H,1-3,8H2,(H,9,10);3*1H4;1H/t19?,20-,21-,22+,23-,27-;13?,14-,15-,16+,17+,21-;4?,5-;;;;/m000..../s1. The molecular formula is C57H115B3Cl2N2O12Si2. The highest BCUT2D eigenvalue weighted by Gasteiger charge is 2.70. The second kappa shape index (κ2) is 28.0. The zero-order chi connectivity index (χ0) is 56.1. The summed E-state index contributed by atoms with van der Waals surface area (Å²) in [6, 6.07) is 0. The van der Waals surface area contributed by atoms with Crippen molar-refractivity contribution in [2.45, 2.75) is 300 Å². The van der Waals surface area contributed by atoms with Gasteiger partial charge in [-0.1, -0.05) is 103 Å². The number of hydrogen-bond donors (Lipinski definition) is 3. The van der Waals surface area contributed by atoms with E-state index in [1.165, 1.54) is 12.8 Å². The molecule has 0 aromatic rings. The Balaban J connectivity index is 0.000000628. The SMILES string of the molecule is C.C.C.CC(CC[C@@H](B1O[C@@H]2C[C@@H]3C[C@@H](C3(C)C)[C@]2(C)O1)N([Si](C)(C)C)[Si](C)(C)C)CC(=O)OC(C)(C)C.CC(CC[C@@H](Cl)B1O[C@@H]2C[C@@H]3C[C@@H](C3(C)C)[C@]2(C)O1)CC(=O)OC(C)(C)C.Cl.N[C@H]1CCC(CC(=O)O)OB1O. The van der Waals surface area contributed by atoms with Crippen LogP contribution in [0.5, 0.6) is 0 Å². The first-order valence-electron chi connectivity index (χ1n) is 28.4. The van der Waals surface area contributed by atoms with Crippen molar-refractivity contribution in [3.05, 3.63) is 0 Å². The van der Waals surface area contributed by atoms with Crippen LogP contribution in [0.25, 0.3) is 0 Å². The molecule has 0 amide bonds. The van der Waals surface area contributed by atoms with Crippen LogP contribution in [0.2, 0.25) is 39.3 Å². The fourth-order valence-corrected chi connectivity index (χ4v) is 25.1. The van der Waals surface area contributed by atoms with Crippen LogP contribution in [0.4, 0.5) is 0 Å².